The molecule has 3 nitrogen and oxygen atoms in total. The second kappa shape index (κ2) is 10.8. The highest BCUT2D eigenvalue weighted by molar-refractivity contribution is 7.95. The minimum Gasteiger partial charge on any atom is -0.307 e. The second-order valence-electron chi connectivity index (χ2n) is 9.50. The lowest BCUT2D eigenvalue weighted by Crippen LogP contribution is -2.21. The molecule has 1 atom stereocenters. The van der Waals surface area contributed by atoms with Crippen molar-refractivity contribution in [3.05, 3.63) is 68.8 Å². The molecule has 0 aliphatic rings. The highest BCUT2D eigenvalue weighted by atomic mass is 31.2. The van der Waals surface area contributed by atoms with Crippen LogP contribution in [0.5, 0.6) is 0 Å². The molecule has 0 spiro atoms. The molecular weight excluding hydrogens is 415 g/mol. The van der Waals surface area contributed by atoms with Crippen molar-refractivity contribution in [1.82, 2.24) is 0 Å². The lowest BCUT2D eigenvalue weighted by atomic mass is 10.0. The fourth-order valence-electron chi connectivity index (χ4n) is 4.93. The molecule has 0 saturated carbocycles. The van der Waals surface area contributed by atoms with E-state index in [1.54, 1.807) is 0 Å². The molecule has 0 heterocycles. The van der Waals surface area contributed by atoms with Crippen LogP contribution in [0.3, 0.4) is 0 Å². The molecule has 2 aromatic rings. The zero-order valence-corrected chi connectivity index (χ0v) is 22.0. The first-order chi connectivity index (χ1) is 15.0. The topological polar surface area (TPSA) is 51.2 Å². The normalized spacial score (nSPS) is 12.6. The summed E-state index contributed by atoms with van der Waals surface area (Å²) in [6.45, 7) is 15.6. The van der Waals surface area contributed by atoms with Crippen molar-refractivity contribution >= 4 is 18.2 Å². The van der Waals surface area contributed by atoms with E-state index in [1.807, 2.05) is 65.8 Å². The number of carbonyl (C=O) groups is 2. The average Bonchev–Trinajstić information content (AvgIpc) is 2.69. The van der Waals surface area contributed by atoms with Crippen molar-refractivity contribution in [2.75, 3.05) is 6.16 Å². The van der Waals surface area contributed by atoms with Gasteiger partial charge < -0.3 is 4.57 Å². The Balaban J connectivity index is 2.69. The van der Waals surface area contributed by atoms with Gasteiger partial charge in [-0.3, -0.25) is 9.59 Å². The number of hydrogen-bond acceptors (Lipinski definition) is 3. The molecule has 0 fully saturated rings. The van der Waals surface area contributed by atoms with Crippen LogP contribution in [0.1, 0.15) is 93.6 Å². The molecule has 2 aromatic carbocycles. The number of benzene rings is 2. The molecule has 32 heavy (non-hydrogen) atoms. The van der Waals surface area contributed by atoms with Crippen LogP contribution < -0.4 is 0 Å². The maximum Gasteiger partial charge on any atom is 0.229 e. The number of unbranched alkanes of at least 4 members (excludes halogenated alkanes) is 1. The van der Waals surface area contributed by atoms with Gasteiger partial charge in [-0.2, -0.15) is 0 Å². The quantitative estimate of drug-likeness (QED) is 0.341. The first-order valence-electron chi connectivity index (χ1n) is 11.8. The van der Waals surface area contributed by atoms with E-state index in [-0.39, 0.29) is 12.1 Å². The van der Waals surface area contributed by atoms with E-state index in [4.69, 9.17) is 0 Å². The third kappa shape index (κ3) is 5.49. The van der Waals surface area contributed by atoms with Crippen LogP contribution >= 0.6 is 7.14 Å². The van der Waals surface area contributed by atoms with Crippen LogP contribution in [0.4, 0.5) is 0 Å². The van der Waals surface area contributed by atoms with Gasteiger partial charge in [0.05, 0.1) is 0 Å². The smallest absolute Gasteiger partial charge is 0.229 e. The fraction of sp³-hybridized carbons (Fsp3) is 0.500. The van der Waals surface area contributed by atoms with Crippen LogP contribution in [0.2, 0.25) is 0 Å². The third-order valence-electron chi connectivity index (χ3n) is 6.50. The fourth-order valence-corrected chi connectivity index (χ4v) is 8.05. The van der Waals surface area contributed by atoms with Gasteiger partial charge in [-0.1, -0.05) is 68.5 Å². The number of hydrogen-bond donors (Lipinski definition) is 0. The van der Waals surface area contributed by atoms with Crippen molar-refractivity contribution in [3.63, 3.8) is 0 Å². The first-order valence-corrected chi connectivity index (χ1v) is 13.7. The van der Waals surface area contributed by atoms with Crippen LogP contribution in [0, 0.1) is 47.5 Å². The first kappa shape index (κ1) is 26.3. The molecule has 4 heteroatoms. The Labute approximate surface area is 194 Å². The molecule has 0 saturated heterocycles. The van der Waals surface area contributed by atoms with Gasteiger partial charge in [0.25, 0.3) is 0 Å². The van der Waals surface area contributed by atoms with Crippen molar-refractivity contribution in [2.45, 2.75) is 81.1 Å². The largest absolute Gasteiger partial charge is 0.307 e. The Bertz CT molecular complexity index is 945. The van der Waals surface area contributed by atoms with Gasteiger partial charge in [0.15, 0.2) is 0 Å². The van der Waals surface area contributed by atoms with Gasteiger partial charge in [0, 0.05) is 17.3 Å². The second-order valence-corrected chi connectivity index (χ2v) is 12.2. The summed E-state index contributed by atoms with van der Waals surface area (Å²) in [4.78, 5) is 27.9. The van der Waals surface area contributed by atoms with Crippen LogP contribution in [-0.2, 0) is 4.57 Å². The van der Waals surface area contributed by atoms with Gasteiger partial charge in [-0.25, -0.2) is 0 Å². The Hall–Kier alpha value is -1.99. The number of carbonyl (C=O) groups excluding carboxylic acids is 2. The highest BCUT2D eigenvalue weighted by Gasteiger charge is 2.44. The monoisotopic (exact) mass is 454 g/mol. The van der Waals surface area contributed by atoms with Gasteiger partial charge >= 0.3 is 0 Å². The summed E-state index contributed by atoms with van der Waals surface area (Å²) in [5.41, 5.74) is 5.26. The van der Waals surface area contributed by atoms with E-state index in [0.717, 1.165) is 59.1 Å². The van der Waals surface area contributed by atoms with Crippen molar-refractivity contribution in [2.24, 2.45) is 5.92 Å². The maximum atomic E-state index is 14.6. The minimum absolute atomic E-state index is 0.0887. The third-order valence-corrected chi connectivity index (χ3v) is 9.29. The van der Waals surface area contributed by atoms with Gasteiger partial charge in [0.1, 0.15) is 0 Å². The molecular formula is C28H39O3P. The standard InChI is InChI=1S/C28H39O3P/c1-9-11-12-24(10-2)17-32(31,27(29)25-20(5)13-18(3)14-21(25)6)28(30)26-22(7)15-19(4)16-23(26)8/h13-16,24H,9-12,17H2,1-8H3. The highest BCUT2D eigenvalue weighted by Crippen LogP contribution is 2.55. The van der Waals surface area contributed by atoms with Gasteiger partial charge in [-0.15, -0.1) is 0 Å². The van der Waals surface area contributed by atoms with E-state index < -0.39 is 18.2 Å². The van der Waals surface area contributed by atoms with E-state index in [1.165, 1.54) is 0 Å². The summed E-state index contributed by atoms with van der Waals surface area (Å²) in [6.07, 6.45) is 3.89. The van der Waals surface area contributed by atoms with Crippen molar-refractivity contribution in [3.8, 4) is 0 Å². The summed E-state index contributed by atoms with van der Waals surface area (Å²) < 4.78 is 14.6. The average molecular weight is 455 g/mol. The molecule has 0 N–H and O–H groups in total. The van der Waals surface area contributed by atoms with E-state index in [9.17, 15) is 14.2 Å². The van der Waals surface area contributed by atoms with Gasteiger partial charge in [0.2, 0.25) is 18.2 Å². The Morgan fingerprint density at radius 2 is 1.12 bits per heavy atom. The molecule has 0 bridgehead atoms. The van der Waals surface area contributed by atoms with Crippen molar-refractivity contribution < 1.29 is 14.2 Å². The molecule has 0 aliphatic heterocycles. The molecule has 174 valence electrons. The molecule has 1 unspecified atom stereocenters. The molecule has 0 radical (unpaired) electrons. The molecule has 0 aliphatic carbocycles. The maximum absolute atomic E-state index is 14.6. The summed E-state index contributed by atoms with van der Waals surface area (Å²) in [7, 11) is -3.87. The summed E-state index contributed by atoms with van der Waals surface area (Å²) in [5, 5.41) is 0. The Morgan fingerprint density at radius 3 is 1.44 bits per heavy atom. The lowest BCUT2D eigenvalue weighted by molar-refractivity contribution is 0.103. The Morgan fingerprint density at radius 1 is 0.750 bits per heavy atom. The summed E-state index contributed by atoms with van der Waals surface area (Å²) in [6, 6.07) is 7.75. The summed E-state index contributed by atoms with van der Waals surface area (Å²) >= 11 is 0. The number of rotatable bonds is 10. The zero-order chi connectivity index (χ0) is 24.2. The van der Waals surface area contributed by atoms with Crippen LogP contribution in [0.15, 0.2) is 24.3 Å². The molecule has 0 amide bonds. The van der Waals surface area contributed by atoms with E-state index >= 15 is 0 Å². The number of aryl methyl sites for hydroxylation is 6. The van der Waals surface area contributed by atoms with Crippen LogP contribution in [-0.4, -0.2) is 17.2 Å². The zero-order valence-electron chi connectivity index (χ0n) is 21.1. The summed E-state index contributed by atoms with van der Waals surface area (Å²) in [5.74, 6) is 0.0887. The SMILES string of the molecule is CCCCC(CC)CP(=O)(C(=O)c1c(C)cc(C)cc1C)C(=O)c1c(C)cc(C)cc1C. The Kier molecular flexibility index (Phi) is 8.82. The molecule has 0 aromatic heterocycles. The van der Waals surface area contributed by atoms with Crippen molar-refractivity contribution in [1.29, 1.82) is 0 Å². The predicted octanol–water partition coefficient (Wildman–Crippen LogP) is 8.10. The van der Waals surface area contributed by atoms with Crippen LogP contribution in [0.25, 0.3) is 0 Å². The minimum atomic E-state index is -3.87. The van der Waals surface area contributed by atoms with Gasteiger partial charge in [-0.05, 0) is 76.1 Å². The molecule has 2 rings (SSSR count). The van der Waals surface area contributed by atoms with E-state index in [0.29, 0.717) is 11.1 Å². The van der Waals surface area contributed by atoms with E-state index in [2.05, 4.69) is 13.8 Å². The lowest BCUT2D eigenvalue weighted by Gasteiger charge is -2.24. The predicted molar refractivity (Wildman–Crippen MR) is 136 cm³/mol.